The predicted molar refractivity (Wildman–Crippen MR) is 114 cm³/mol. The van der Waals surface area contributed by atoms with Crippen molar-refractivity contribution >= 4 is 22.7 Å². The maximum atomic E-state index is 12.2. The van der Waals surface area contributed by atoms with E-state index in [0.717, 1.165) is 16.5 Å². The summed E-state index contributed by atoms with van der Waals surface area (Å²) in [6.07, 6.45) is -1.02. The van der Waals surface area contributed by atoms with E-state index < -0.39 is 6.09 Å². The highest BCUT2D eigenvalue weighted by Crippen LogP contribution is 2.33. The molecule has 0 spiro atoms. The van der Waals surface area contributed by atoms with Gasteiger partial charge in [-0.05, 0) is 23.8 Å². The third-order valence-electron chi connectivity index (χ3n) is 4.77. The summed E-state index contributed by atoms with van der Waals surface area (Å²) in [7, 11) is 1.60. The maximum Gasteiger partial charge on any atom is 0.412 e. The second-order valence-electron chi connectivity index (χ2n) is 6.63. The monoisotopic (exact) mass is 384 g/mol. The maximum absolute atomic E-state index is 12.2. The lowest BCUT2D eigenvalue weighted by molar-refractivity contribution is 0.201. The van der Waals surface area contributed by atoms with Crippen LogP contribution in [0.4, 0.5) is 10.5 Å². The Hall–Kier alpha value is -3.86. The van der Waals surface area contributed by atoms with E-state index in [-0.39, 0.29) is 6.54 Å². The van der Waals surface area contributed by atoms with Gasteiger partial charge in [0.2, 0.25) is 0 Å². The normalized spacial score (nSPS) is 10.7. The van der Waals surface area contributed by atoms with Crippen LogP contribution in [0.1, 0.15) is 5.56 Å². The van der Waals surface area contributed by atoms with Crippen molar-refractivity contribution in [1.29, 1.82) is 0 Å². The third-order valence-corrected chi connectivity index (χ3v) is 4.77. The van der Waals surface area contributed by atoms with E-state index in [1.807, 2.05) is 84.9 Å². The largest absolute Gasteiger partial charge is 0.497 e. The molecule has 144 valence electrons. The minimum absolute atomic E-state index is 0.246. The van der Waals surface area contributed by atoms with Gasteiger partial charge in [-0.1, -0.05) is 60.7 Å². The zero-order chi connectivity index (χ0) is 20.2. The van der Waals surface area contributed by atoms with E-state index >= 15 is 0 Å². The summed E-state index contributed by atoms with van der Waals surface area (Å²) in [5.74, 6) is 0.672. The Morgan fingerprint density at radius 3 is 2.31 bits per heavy atom. The van der Waals surface area contributed by atoms with Gasteiger partial charge < -0.3 is 9.84 Å². The van der Waals surface area contributed by atoms with Crippen LogP contribution >= 0.6 is 0 Å². The molecule has 0 atom stereocenters. The van der Waals surface area contributed by atoms with Crippen molar-refractivity contribution in [2.75, 3.05) is 12.0 Å². The van der Waals surface area contributed by atoms with E-state index in [2.05, 4.69) is 0 Å². The van der Waals surface area contributed by atoms with Gasteiger partial charge in [0, 0.05) is 17.0 Å². The van der Waals surface area contributed by atoms with Crippen LogP contribution in [0.3, 0.4) is 0 Å². The molecule has 3 aromatic carbocycles. The van der Waals surface area contributed by atoms with E-state index in [4.69, 9.17) is 9.72 Å². The Morgan fingerprint density at radius 1 is 0.966 bits per heavy atom. The van der Waals surface area contributed by atoms with Crippen LogP contribution < -0.4 is 9.64 Å². The summed E-state index contributed by atoms with van der Waals surface area (Å²) >= 11 is 0. The molecule has 0 radical (unpaired) electrons. The van der Waals surface area contributed by atoms with Crippen molar-refractivity contribution < 1.29 is 14.6 Å². The molecule has 1 aromatic heterocycles. The Morgan fingerprint density at radius 2 is 1.66 bits per heavy atom. The average molecular weight is 384 g/mol. The first-order valence-corrected chi connectivity index (χ1v) is 9.24. The number of hydrogen-bond donors (Lipinski definition) is 1. The number of methoxy groups -OCH3 is 1. The number of amides is 1. The van der Waals surface area contributed by atoms with Crippen molar-refractivity contribution in [3.8, 4) is 17.0 Å². The first-order valence-electron chi connectivity index (χ1n) is 9.24. The van der Waals surface area contributed by atoms with Crippen LogP contribution in [0.15, 0.2) is 84.9 Å². The minimum Gasteiger partial charge on any atom is -0.497 e. The second-order valence-corrected chi connectivity index (χ2v) is 6.63. The standard InChI is InChI=1S/C24H20N2O3/c1-29-19-12-13-20-22(14-19)25-21(18-10-6-3-7-11-18)15-23(20)26(24(27)28)16-17-8-4-2-5-9-17/h2-15H,16H2,1H3,(H,27,28). The van der Waals surface area contributed by atoms with Crippen molar-refractivity contribution in [3.63, 3.8) is 0 Å². The lowest BCUT2D eigenvalue weighted by atomic mass is 10.1. The van der Waals surface area contributed by atoms with E-state index in [1.165, 1.54) is 4.90 Å². The first-order chi connectivity index (χ1) is 14.2. The highest BCUT2D eigenvalue weighted by Gasteiger charge is 2.20. The lowest BCUT2D eigenvalue weighted by Crippen LogP contribution is -2.29. The molecule has 0 aliphatic carbocycles. The fraction of sp³-hybridized carbons (Fsp3) is 0.0833. The molecule has 0 bridgehead atoms. The Labute approximate surface area is 168 Å². The van der Waals surface area contributed by atoms with Gasteiger partial charge in [0.15, 0.2) is 0 Å². The number of ether oxygens (including phenoxy) is 1. The van der Waals surface area contributed by atoms with Crippen molar-refractivity contribution in [3.05, 3.63) is 90.5 Å². The Balaban J connectivity index is 1.91. The highest BCUT2D eigenvalue weighted by atomic mass is 16.5. The summed E-state index contributed by atoms with van der Waals surface area (Å²) in [5, 5.41) is 10.7. The van der Waals surface area contributed by atoms with E-state index in [0.29, 0.717) is 22.6 Å². The molecular weight excluding hydrogens is 364 g/mol. The smallest absolute Gasteiger partial charge is 0.412 e. The molecule has 1 heterocycles. The van der Waals surface area contributed by atoms with Gasteiger partial charge in [-0.2, -0.15) is 0 Å². The fourth-order valence-electron chi connectivity index (χ4n) is 3.32. The number of hydrogen-bond acceptors (Lipinski definition) is 3. The summed E-state index contributed by atoms with van der Waals surface area (Å²) in [5.41, 5.74) is 3.81. The number of carbonyl (C=O) groups is 1. The first kappa shape index (κ1) is 18.5. The molecule has 4 rings (SSSR count). The van der Waals surface area contributed by atoms with Gasteiger partial charge in [0.25, 0.3) is 0 Å². The van der Waals surface area contributed by atoms with E-state index in [9.17, 15) is 9.90 Å². The van der Waals surface area contributed by atoms with Gasteiger partial charge in [0.1, 0.15) is 5.75 Å². The number of aromatic nitrogens is 1. The highest BCUT2D eigenvalue weighted by molar-refractivity contribution is 6.01. The molecule has 5 nitrogen and oxygen atoms in total. The number of fused-ring (bicyclic) bond motifs is 1. The van der Waals surface area contributed by atoms with Gasteiger partial charge in [0.05, 0.1) is 30.6 Å². The predicted octanol–water partition coefficient (Wildman–Crippen LogP) is 5.60. The molecular formula is C24H20N2O3. The van der Waals surface area contributed by atoms with Crippen molar-refractivity contribution in [2.45, 2.75) is 6.54 Å². The van der Waals surface area contributed by atoms with Crippen molar-refractivity contribution in [1.82, 2.24) is 4.98 Å². The number of pyridine rings is 1. The lowest BCUT2D eigenvalue weighted by Gasteiger charge is -2.22. The topological polar surface area (TPSA) is 62.7 Å². The molecule has 4 aromatic rings. The molecule has 0 fully saturated rings. The summed E-state index contributed by atoms with van der Waals surface area (Å²) in [6, 6.07) is 26.6. The molecule has 5 heteroatoms. The third kappa shape index (κ3) is 3.89. The van der Waals surface area contributed by atoms with Gasteiger partial charge in [-0.15, -0.1) is 0 Å². The molecule has 1 N–H and O–H groups in total. The second kappa shape index (κ2) is 8.02. The van der Waals surface area contributed by atoms with Gasteiger partial charge in [-0.25, -0.2) is 9.78 Å². The average Bonchev–Trinajstić information content (AvgIpc) is 2.77. The summed E-state index contributed by atoms with van der Waals surface area (Å²) in [4.78, 5) is 18.3. The number of rotatable bonds is 5. The minimum atomic E-state index is -1.02. The molecule has 0 aliphatic heterocycles. The van der Waals surface area contributed by atoms with Crippen LogP contribution in [-0.2, 0) is 6.54 Å². The number of anilines is 1. The molecule has 1 amide bonds. The number of benzene rings is 3. The van der Waals surface area contributed by atoms with Crippen LogP contribution in [0, 0.1) is 0 Å². The molecule has 0 unspecified atom stereocenters. The number of nitrogens with zero attached hydrogens (tertiary/aromatic N) is 2. The van der Waals surface area contributed by atoms with Crippen LogP contribution in [0.5, 0.6) is 5.75 Å². The summed E-state index contributed by atoms with van der Waals surface area (Å²) < 4.78 is 5.34. The molecule has 29 heavy (non-hydrogen) atoms. The quantitative estimate of drug-likeness (QED) is 0.487. The van der Waals surface area contributed by atoms with Crippen LogP contribution in [0.2, 0.25) is 0 Å². The van der Waals surface area contributed by atoms with Crippen molar-refractivity contribution in [2.24, 2.45) is 0 Å². The zero-order valence-electron chi connectivity index (χ0n) is 15.9. The molecule has 0 saturated carbocycles. The SMILES string of the molecule is COc1ccc2c(N(Cc3ccccc3)C(=O)O)cc(-c3ccccc3)nc2c1. The van der Waals surface area contributed by atoms with Gasteiger partial charge >= 0.3 is 6.09 Å². The Kier molecular flexibility index (Phi) is 5.12. The molecule has 0 saturated heterocycles. The molecule has 0 aliphatic rings. The van der Waals surface area contributed by atoms with E-state index in [1.54, 1.807) is 7.11 Å². The zero-order valence-corrected chi connectivity index (χ0v) is 15.9. The van der Waals surface area contributed by atoms with Crippen LogP contribution in [-0.4, -0.2) is 23.3 Å². The fourth-order valence-corrected chi connectivity index (χ4v) is 3.32. The Bertz CT molecular complexity index is 1140. The number of carboxylic acid groups (broad SMARTS) is 1. The summed E-state index contributed by atoms with van der Waals surface area (Å²) in [6.45, 7) is 0.246. The van der Waals surface area contributed by atoms with Gasteiger partial charge in [-0.3, -0.25) is 4.90 Å². The van der Waals surface area contributed by atoms with Crippen LogP contribution in [0.25, 0.3) is 22.2 Å².